The molecule has 0 radical (unpaired) electrons. The van der Waals surface area contributed by atoms with Crippen LogP contribution in [0.4, 0.5) is 0 Å². The topological polar surface area (TPSA) is 32.3 Å². The maximum absolute atomic E-state index is 11.5. The molecule has 0 aromatic rings. The average molecular weight is 156 g/mol. The summed E-state index contributed by atoms with van der Waals surface area (Å²) < 4.78 is 0. The summed E-state index contributed by atoms with van der Waals surface area (Å²) in [5.41, 5.74) is 0. The Bertz CT molecular complexity index is 141. The third-order valence-corrected chi connectivity index (χ3v) is 2.26. The second-order valence-corrected chi connectivity index (χ2v) is 3.04. The molecule has 1 rings (SSSR count). The average Bonchev–Trinajstić information content (AvgIpc) is 2.53. The Kier molecular flexibility index (Phi) is 2.88. The molecule has 1 N–H and O–H groups in total. The van der Waals surface area contributed by atoms with Crippen LogP contribution in [0.25, 0.3) is 0 Å². The van der Waals surface area contributed by atoms with Crippen LogP contribution in [0.5, 0.6) is 0 Å². The number of hydrogen-bond donors (Lipinski definition) is 1. The highest BCUT2D eigenvalue weighted by atomic mass is 16.2. The molecular weight excluding hydrogens is 140 g/mol. The zero-order valence-electron chi connectivity index (χ0n) is 7.26. The van der Waals surface area contributed by atoms with Crippen LogP contribution in [0.3, 0.4) is 0 Å². The molecule has 1 atom stereocenters. The fourth-order valence-corrected chi connectivity index (χ4v) is 1.33. The number of nitrogens with zero attached hydrogens (tertiary/aromatic N) is 1. The first-order chi connectivity index (χ1) is 5.25. The summed E-state index contributed by atoms with van der Waals surface area (Å²) in [5, 5.41) is 3.18. The van der Waals surface area contributed by atoms with Crippen LogP contribution in [-0.4, -0.2) is 37.5 Å². The van der Waals surface area contributed by atoms with Crippen molar-refractivity contribution in [1.82, 2.24) is 10.2 Å². The maximum Gasteiger partial charge on any atom is 0.226 e. The molecule has 0 bridgehead atoms. The van der Waals surface area contributed by atoms with Crippen LogP contribution < -0.4 is 5.32 Å². The van der Waals surface area contributed by atoms with Crippen molar-refractivity contribution in [3.8, 4) is 0 Å². The number of carbonyl (C=O) groups is 1. The predicted octanol–water partition coefficient (Wildman–Crippen LogP) is 0.0742. The molecule has 1 aliphatic rings. The molecular formula is C8H16N2O. The van der Waals surface area contributed by atoms with Crippen molar-refractivity contribution < 1.29 is 4.79 Å². The van der Waals surface area contributed by atoms with Crippen LogP contribution in [0.2, 0.25) is 0 Å². The lowest BCUT2D eigenvalue weighted by molar-refractivity contribution is -0.133. The molecule has 0 aromatic heterocycles. The summed E-state index contributed by atoms with van der Waals surface area (Å²) in [6, 6.07) is 0. The normalized spacial score (nSPS) is 23.6. The van der Waals surface area contributed by atoms with Gasteiger partial charge in [0.25, 0.3) is 0 Å². The number of carbonyl (C=O) groups excluding carboxylic acids is 1. The lowest BCUT2D eigenvalue weighted by Crippen LogP contribution is -2.33. The van der Waals surface area contributed by atoms with E-state index in [1.165, 1.54) is 0 Å². The highest BCUT2D eigenvalue weighted by molar-refractivity contribution is 5.79. The standard InChI is InChI=1S/C8H16N2O/c1-3-10(2)8(11)7-4-5-9-6-7/h7,9H,3-6H2,1-2H3/t7-/m0/s1. The minimum absolute atomic E-state index is 0.236. The Hall–Kier alpha value is -0.570. The van der Waals surface area contributed by atoms with Crippen LogP contribution in [-0.2, 0) is 4.79 Å². The summed E-state index contributed by atoms with van der Waals surface area (Å²) in [6.45, 7) is 4.67. The van der Waals surface area contributed by atoms with E-state index in [4.69, 9.17) is 0 Å². The van der Waals surface area contributed by atoms with E-state index in [0.717, 1.165) is 26.1 Å². The number of amides is 1. The van der Waals surface area contributed by atoms with Gasteiger partial charge in [-0.25, -0.2) is 0 Å². The fraction of sp³-hybridized carbons (Fsp3) is 0.875. The molecule has 0 aliphatic carbocycles. The molecule has 0 spiro atoms. The van der Waals surface area contributed by atoms with Crippen molar-refractivity contribution in [3.63, 3.8) is 0 Å². The van der Waals surface area contributed by atoms with E-state index < -0.39 is 0 Å². The van der Waals surface area contributed by atoms with Gasteiger partial charge in [-0.3, -0.25) is 4.79 Å². The van der Waals surface area contributed by atoms with Gasteiger partial charge in [-0.15, -0.1) is 0 Å². The van der Waals surface area contributed by atoms with Gasteiger partial charge in [0.05, 0.1) is 5.92 Å². The molecule has 64 valence electrons. The van der Waals surface area contributed by atoms with Gasteiger partial charge in [0, 0.05) is 20.1 Å². The lowest BCUT2D eigenvalue weighted by Gasteiger charge is -2.18. The third-order valence-electron chi connectivity index (χ3n) is 2.26. The third kappa shape index (κ3) is 1.93. The van der Waals surface area contributed by atoms with Crippen molar-refractivity contribution in [2.75, 3.05) is 26.7 Å². The molecule has 0 unspecified atom stereocenters. The zero-order chi connectivity index (χ0) is 8.27. The van der Waals surface area contributed by atoms with Crippen molar-refractivity contribution >= 4 is 5.91 Å². The SMILES string of the molecule is CCN(C)C(=O)[C@H]1CCNC1. The Balaban J connectivity index is 2.39. The van der Waals surface area contributed by atoms with Gasteiger partial charge in [0.1, 0.15) is 0 Å². The van der Waals surface area contributed by atoms with Crippen LogP contribution in [0, 0.1) is 5.92 Å². The smallest absolute Gasteiger partial charge is 0.226 e. The van der Waals surface area contributed by atoms with Gasteiger partial charge in [0.15, 0.2) is 0 Å². The van der Waals surface area contributed by atoms with Gasteiger partial charge in [-0.1, -0.05) is 0 Å². The van der Waals surface area contributed by atoms with E-state index in [0.29, 0.717) is 0 Å². The molecule has 1 heterocycles. The van der Waals surface area contributed by atoms with Crippen molar-refractivity contribution in [1.29, 1.82) is 0 Å². The Labute approximate surface area is 67.8 Å². The van der Waals surface area contributed by atoms with Gasteiger partial charge in [0.2, 0.25) is 5.91 Å². The first kappa shape index (κ1) is 8.53. The molecule has 1 saturated heterocycles. The number of rotatable bonds is 2. The van der Waals surface area contributed by atoms with Crippen LogP contribution >= 0.6 is 0 Å². The molecule has 0 saturated carbocycles. The predicted molar refractivity (Wildman–Crippen MR) is 44.3 cm³/mol. The molecule has 1 aliphatic heterocycles. The van der Waals surface area contributed by atoms with Gasteiger partial charge >= 0.3 is 0 Å². The van der Waals surface area contributed by atoms with Crippen molar-refractivity contribution in [2.45, 2.75) is 13.3 Å². The largest absolute Gasteiger partial charge is 0.346 e. The van der Waals surface area contributed by atoms with E-state index in [2.05, 4.69) is 5.32 Å². The monoisotopic (exact) mass is 156 g/mol. The summed E-state index contributed by atoms with van der Waals surface area (Å²) in [5.74, 6) is 0.525. The zero-order valence-corrected chi connectivity index (χ0v) is 7.26. The quantitative estimate of drug-likeness (QED) is 0.614. The van der Waals surface area contributed by atoms with E-state index in [9.17, 15) is 4.79 Å². The van der Waals surface area contributed by atoms with Gasteiger partial charge in [-0.05, 0) is 19.9 Å². The van der Waals surface area contributed by atoms with Gasteiger partial charge in [-0.2, -0.15) is 0 Å². The molecule has 1 fully saturated rings. The molecule has 3 heteroatoms. The van der Waals surface area contributed by atoms with Crippen LogP contribution in [0.15, 0.2) is 0 Å². The van der Waals surface area contributed by atoms with Crippen LogP contribution in [0.1, 0.15) is 13.3 Å². The fourth-order valence-electron chi connectivity index (χ4n) is 1.33. The highest BCUT2D eigenvalue weighted by Crippen LogP contribution is 2.09. The second kappa shape index (κ2) is 3.72. The molecule has 11 heavy (non-hydrogen) atoms. The summed E-state index contributed by atoms with van der Waals surface area (Å²) >= 11 is 0. The minimum Gasteiger partial charge on any atom is -0.346 e. The Morgan fingerprint density at radius 2 is 2.45 bits per heavy atom. The molecule has 3 nitrogen and oxygen atoms in total. The lowest BCUT2D eigenvalue weighted by atomic mass is 10.1. The Morgan fingerprint density at radius 1 is 1.73 bits per heavy atom. The van der Waals surface area contributed by atoms with Crippen molar-refractivity contribution in [3.05, 3.63) is 0 Å². The molecule has 0 aromatic carbocycles. The van der Waals surface area contributed by atoms with E-state index in [1.807, 2.05) is 14.0 Å². The van der Waals surface area contributed by atoms with E-state index in [1.54, 1.807) is 4.90 Å². The summed E-state index contributed by atoms with van der Waals surface area (Å²) in [7, 11) is 1.86. The Morgan fingerprint density at radius 3 is 2.91 bits per heavy atom. The first-order valence-corrected chi connectivity index (χ1v) is 4.21. The first-order valence-electron chi connectivity index (χ1n) is 4.21. The maximum atomic E-state index is 11.5. The van der Waals surface area contributed by atoms with Crippen molar-refractivity contribution in [2.24, 2.45) is 5.92 Å². The number of hydrogen-bond acceptors (Lipinski definition) is 2. The summed E-state index contributed by atoms with van der Waals surface area (Å²) in [6.07, 6.45) is 1.00. The van der Waals surface area contributed by atoms with E-state index in [-0.39, 0.29) is 11.8 Å². The van der Waals surface area contributed by atoms with Gasteiger partial charge < -0.3 is 10.2 Å². The highest BCUT2D eigenvalue weighted by Gasteiger charge is 2.24. The summed E-state index contributed by atoms with van der Waals surface area (Å²) in [4.78, 5) is 13.3. The minimum atomic E-state index is 0.236. The second-order valence-electron chi connectivity index (χ2n) is 3.04. The number of nitrogens with one attached hydrogen (secondary N) is 1. The van der Waals surface area contributed by atoms with E-state index >= 15 is 0 Å². The molecule has 1 amide bonds.